The van der Waals surface area contributed by atoms with Crippen LogP contribution in [0.15, 0.2) is 18.2 Å². The third-order valence-electron chi connectivity index (χ3n) is 1.63. The summed E-state index contributed by atoms with van der Waals surface area (Å²) in [6.45, 7) is 0. The van der Waals surface area contributed by atoms with Crippen molar-refractivity contribution in [3.8, 4) is 0 Å². The number of benzene rings is 1. The first kappa shape index (κ1) is 9.86. The van der Waals surface area contributed by atoms with Crippen molar-refractivity contribution in [2.24, 2.45) is 0 Å². The SMILES string of the molecule is CN(C)C(=O)c1ccc(N)cc1Cl. The number of amides is 1. The molecule has 0 saturated heterocycles. The van der Waals surface area contributed by atoms with Crippen LogP contribution in [0.25, 0.3) is 0 Å². The van der Waals surface area contributed by atoms with Crippen LogP contribution in [0, 0.1) is 0 Å². The number of rotatable bonds is 1. The quantitative estimate of drug-likeness (QED) is 0.698. The number of hydrogen-bond acceptors (Lipinski definition) is 2. The zero-order chi connectivity index (χ0) is 10.0. The van der Waals surface area contributed by atoms with Crippen molar-refractivity contribution < 1.29 is 4.79 Å². The lowest BCUT2D eigenvalue weighted by atomic mass is 10.2. The van der Waals surface area contributed by atoms with Crippen LogP contribution < -0.4 is 5.73 Å². The Hall–Kier alpha value is -1.22. The average molecular weight is 199 g/mol. The van der Waals surface area contributed by atoms with Crippen molar-refractivity contribution in [2.45, 2.75) is 0 Å². The van der Waals surface area contributed by atoms with Gasteiger partial charge in [-0.3, -0.25) is 4.79 Å². The van der Waals surface area contributed by atoms with Crippen LogP contribution >= 0.6 is 11.6 Å². The highest BCUT2D eigenvalue weighted by Gasteiger charge is 2.11. The summed E-state index contributed by atoms with van der Waals surface area (Å²) in [5.41, 5.74) is 6.52. The van der Waals surface area contributed by atoms with E-state index in [0.717, 1.165) is 0 Å². The molecule has 0 spiro atoms. The van der Waals surface area contributed by atoms with Crippen LogP contribution in [0.4, 0.5) is 5.69 Å². The van der Waals surface area contributed by atoms with E-state index in [1.165, 1.54) is 4.90 Å². The molecule has 1 aromatic rings. The van der Waals surface area contributed by atoms with Gasteiger partial charge in [-0.2, -0.15) is 0 Å². The average Bonchev–Trinajstić information content (AvgIpc) is 2.03. The molecule has 0 atom stereocenters. The second kappa shape index (κ2) is 3.66. The van der Waals surface area contributed by atoms with Crippen molar-refractivity contribution in [3.63, 3.8) is 0 Å². The molecule has 0 aliphatic heterocycles. The number of nitrogens with zero attached hydrogens (tertiary/aromatic N) is 1. The van der Waals surface area contributed by atoms with Crippen LogP contribution in [-0.2, 0) is 0 Å². The van der Waals surface area contributed by atoms with Gasteiger partial charge in [0.2, 0.25) is 0 Å². The number of carbonyl (C=O) groups is 1. The Balaban J connectivity index is 3.09. The molecule has 0 aliphatic rings. The number of nitrogens with two attached hydrogens (primary N) is 1. The Kier molecular flexibility index (Phi) is 2.78. The van der Waals surface area contributed by atoms with E-state index in [9.17, 15) is 4.79 Å². The molecule has 0 aliphatic carbocycles. The van der Waals surface area contributed by atoms with E-state index < -0.39 is 0 Å². The van der Waals surface area contributed by atoms with Crippen LogP contribution in [0.3, 0.4) is 0 Å². The summed E-state index contributed by atoms with van der Waals surface area (Å²) in [6, 6.07) is 4.85. The third-order valence-corrected chi connectivity index (χ3v) is 1.94. The van der Waals surface area contributed by atoms with E-state index >= 15 is 0 Å². The summed E-state index contributed by atoms with van der Waals surface area (Å²) >= 11 is 5.84. The molecule has 0 fully saturated rings. The van der Waals surface area contributed by atoms with Crippen LogP contribution in [0.5, 0.6) is 0 Å². The molecule has 4 heteroatoms. The number of carbonyl (C=O) groups excluding carboxylic acids is 1. The fourth-order valence-electron chi connectivity index (χ4n) is 0.946. The summed E-state index contributed by atoms with van der Waals surface area (Å²) in [5, 5.41) is 0.388. The Morgan fingerprint density at radius 1 is 1.46 bits per heavy atom. The van der Waals surface area contributed by atoms with E-state index in [1.54, 1.807) is 32.3 Å². The molecule has 0 unspecified atom stereocenters. The Morgan fingerprint density at radius 2 is 2.08 bits per heavy atom. The minimum Gasteiger partial charge on any atom is -0.399 e. The number of anilines is 1. The topological polar surface area (TPSA) is 46.3 Å². The van der Waals surface area contributed by atoms with Crippen molar-refractivity contribution in [2.75, 3.05) is 19.8 Å². The fourth-order valence-corrected chi connectivity index (χ4v) is 1.22. The van der Waals surface area contributed by atoms with Gasteiger partial charge < -0.3 is 10.6 Å². The standard InChI is InChI=1S/C9H11ClN2O/c1-12(2)9(13)7-4-3-6(11)5-8(7)10/h3-5H,11H2,1-2H3. The molecule has 1 rings (SSSR count). The van der Waals surface area contributed by atoms with Gasteiger partial charge in [-0.05, 0) is 18.2 Å². The third kappa shape index (κ3) is 2.12. The van der Waals surface area contributed by atoms with Crippen molar-refractivity contribution >= 4 is 23.2 Å². The molecule has 0 heterocycles. The molecular weight excluding hydrogens is 188 g/mol. The van der Waals surface area contributed by atoms with Crippen molar-refractivity contribution in [1.29, 1.82) is 0 Å². The second-order valence-electron chi connectivity index (χ2n) is 2.94. The molecule has 0 bridgehead atoms. The smallest absolute Gasteiger partial charge is 0.254 e. The first-order valence-corrected chi connectivity index (χ1v) is 4.17. The summed E-state index contributed by atoms with van der Waals surface area (Å²) < 4.78 is 0. The molecule has 3 nitrogen and oxygen atoms in total. The fraction of sp³-hybridized carbons (Fsp3) is 0.222. The van der Waals surface area contributed by atoms with Crippen LogP contribution in [-0.4, -0.2) is 24.9 Å². The summed E-state index contributed by atoms with van der Waals surface area (Å²) in [7, 11) is 3.35. The Morgan fingerprint density at radius 3 is 2.54 bits per heavy atom. The van der Waals surface area contributed by atoms with Gasteiger partial charge in [-0.1, -0.05) is 11.6 Å². The van der Waals surface area contributed by atoms with Crippen LogP contribution in [0.1, 0.15) is 10.4 Å². The highest BCUT2D eigenvalue weighted by molar-refractivity contribution is 6.34. The predicted octanol–water partition coefficient (Wildman–Crippen LogP) is 1.62. The lowest BCUT2D eigenvalue weighted by Crippen LogP contribution is -2.21. The van der Waals surface area contributed by atoms with E-state index in [2.05, 4.69) is 0 Å². The molecular formula is C9H11ClN2O. The first-order chi connectivity index (χ1) is 6.02. The predicted molar refractivity (Wildman–Crippen MR) is 53.9 cm³/mol. The van der Waals surface area contributed by atoms with Gasteiger partial charge in [0, 0.05) is 19.8 Å². The van der Waals surface area contributed by atoms with Crippen molar-refractivity contribution in [1.82, 2.24) is 4.90 Å². The molecule has 0 radical (unpaired) electrons. The van der Waals surface area contributed by atoms with Gasteiger partial charge in [0.05, 0.1) is 10.6 Å². The number of hydrogen-bond donors (Lipinski definition) is 1. The van der Waals surface area contributed by atoms with Gasteiger partial charge in [-0.15, -0.1) is 0 Å². The van der Waals surface area contributed by atoms with E-state index in [4.69, 9.17) is 17.3 Å². The zero-order valence-electron chi connectivity index (χ0n) is 7.54. The molecule has 13 heavy (non-hydrogen) atoms. The van der Waals surface area contributed by atoms with E-state index in [-0.39, 0.29) is 5.91 Å². The minimum absolute atomic E-state index is 0.120. The lowest BCUT2D eigenvalue weighted by Gasteiger charge is -2.11. The lowest BCUT2D eigenvalue weighted by molar-refractivity contribution is 0.0828. The van der Waals surface area contributed by atoms with E-state index in [0.29, 0.717) is 16.3 Å². The first-order valence-electron chi connectivity index (χ1n) is 3.79. The summed E-state index contributed by atoms with van der Waals surface area (Å²) in [6.07, 6.45) is 0. The van der Waals surface area contributed by atoms with Crippen molar-refractivity contribution in [3.05, 3.63) is 28.8 Å². The second-order valence-corrected chi connectivity index (χ2v) is 3.35. The maximum absolute atomic E-state index is 11.5. The van der Waals surface area contributed by atoms with Gasteiger partial charge >= 0.3 is 0 Å². The monoisotopic (exact) mass is 198 g/mol. The van der Waals surface area contributed by atoms with Crippen LogP contribution in [0.2, 0.25) is 5.02 Å². The van der Waals surface area contributed by atoms with Gasteiger partial charge in [0.15, 0.2) is 0 Å². The van der Waals surface area contributed by atoms with Gasteiger partial charge in [-0.25, -0.2) is 0 Å². The molecule has 70 valence electrons. The van der Waals surface area contributed by atoms with Gasteiger partial charge in [0.1, 0.15) is 0 Å². The highest BCUT2D eigenvalue weighted by Crippen LogP contribution is 2.19. The maximum Gasteiger partial charge on any atom is 0.254 e. The van der Waals surface area contributed by atoms with Gasteiger partial charge in [0.25, 0.3) is 5.91 Å². The number of nitrogen functional groups attached to an aromatic ring is 1. The molecule has 0 saturated carbocycles. The highest BCUT2D eigenvalue weighted by atomic mass is 35.5. The molecule has 2 N–H and O–H groups in total. The summed E-state index contributed by atoms with van der Waals surface area (Å²) in [5.74, 6) is -0.120. The molecule has 1 amide bonds. The normalized spacial score (nSPS) is 9.77. The zero-order valence-corrected chi connectivity index (χ0v) is 8.30. The Bertz CT molecular complexity index is 336. The summed E-state index contributed by atoms with van der Waals surface area (Å²) in [4.78, 5) is 12.9. The largest absolute Gasteiger partial charge is 0.399 e. The Labute approximate surface area is 82.1 Å². The maximum atomic E-state index is 11.5. The molecule has 1 aromatic carbocycles. The molecule has 0 aromatic heterocycles. The number of halogens is 1. The van der Waals surface area contributed by atoms with E-state index in [1.807, 2.05) is 0 Å². The minimum atomic E-state index is -0.120.